The number of alkyl halides is 3. The molecule has 13 heteroatoms. The van der Waals surface area contributed by atoms with Gasteiger partial charge in [0.15, 0.2) is 5.65 Å². The average Bonchev–Trinajstić information content (AvgIpc) is 3.53. The molecular formula is C28H15ClF5N5O2. The molecule has 0 aliphatic carbocycles. The van der Waals surface area contributed by atoms with Crippen LogP contribution in [0.5, 0.6) is 0 Å². The van der Waals surface area contributed by atoms with Crippen molar-refractivity contribution >= 4 is 34.7 Å². The van der Waals surface area contributed by atoms with Crippen molar-refractivity contribution in [2.75, 3.05) is 5.32 Å². The fraction of sp³-hybridized carbons (Fsp3) is 0.0714. The maximum Gasteiger partial charge on any atom is 0.416 e. The largest absolute Gasteiger partial charge is 0.416 e. The molecule has 0 fully saturated rings. The lowest BCUT2D eigenvalue weighted by Crippen LogP contribution is -2.21. The number of aromatic nitrogens is 3. The maximum absolute atomic E-state index is 14.2. The molecule has 7 nitrogen and oxygen atoms in total. The Hall–Kier alpha value is -4.84. The van der Waals surface area contributed by atoms with Gasteiger partial charge in [-0.3, -0.25) is 9.59 Å². The van der Waals surface area contributed by atoms with Gasteiger partial charge in [0.2, 0.25) is 0 Å². The van der Waals surface area contributed by atoms with Crippen LogP contribution in [0, 0.1) is 11.6 Å². The van der Waals surface area contributed by atoms with Crippen LogP contribution >= 0.6 is 11.6 Å². The quantitative estimate of drug-likeness (QED) is 0.239. The van der Waals surface area contributed by atoms with Gasteiger partial charge in [0.05, 0.1) is 11.6 Å². The fourth-order valence-electron chi connectivity index (χ4n) is 4.75. The Labute approximate surface area is 232 Å². The highest BCUT2D eigenvalue weighted by atomic mass is 35.5. The zero-order chi connectivity index (χ0) is 29.1. The summed E-state index contributed by atoms with van der Waals surface area (Å²) in [6.07, 6.45) is -1.92. The average molecular weight is 584 g/mol. The van der Waals surface area contributed by atoms with Crippen molar-refractivity contribution in [3.63, 3.8) is 0 Å². The van der Waals surface area contributed by atoms with E-state index in [1.54, 1.807) is 24.4 Å². The minimum absolute atomic E-state index is 0.0188. The number of pyridine rings is 1. The summed E-state index contributed by atoms with van der Waals surface area (Å²) < 4.78 is 69.7. The van der Waals surface area contributed by atoms with Crippen LogP contribution in [0.2, 0.25) is 5.02 Å². The number of fused-ring (bicyclic) bond motifs is 2. The topological polar surface area (TPSA) is 88.4 Å². The standard InChI is InChI=1S/C28H15ClF5N5O2/c29-21-2-1-17(30)11-19(21)25-24-20(27(41)38-25)7-14(13-3-4-39-23(9-13)35-12-36-39)8-22(24)37-26(40)15-5-16(28(32,33)34)10-18(31)6-15/h1-12,25H,(H,37,40)(H,38,41)/t25-/m1/s1. The molecule has 2 N–H and O–H groups in total. The lowest BCUT2D eigenvalue weighted by atomic mass is 9.92. The molecule has 1 atom stereocenters. The molecule has 5 aromatic rings. The fourth-order valence-corrected chi connectivity index (χ4v) is 4.97. The number of carbonyl (C=O) groups excluding carboxylic acids is 2. The molecule has 1 aliphatic rings. The normalized spacial score (nSPS) is 14.7. The monoisotopic (exact) mass is 583 g/mol. The van der Waals surface area contributed by atoms with Crippen LogP contribution in [0.4, 0.5) is 27.6 Å². The van der Waals surface area contributed by atoms with Gasteiger partial charge < -0.3 is 10.6 Å². The lowest BCUT2D eigenvalue weighted by Gasteiger charge is -2.19. The Morgan fingerprint density at radius 2 is 1.78 bits per heavy atom. The summed E-state index contributed by atoms with van der Waals surface area (Å²) in [4.78, 5) is 30.5. The van der Waals surface area contributed by atoms with Gasteiger partial charge in [-0.15, -0.1) is 0 Å². The van der Waals surface area contributed by atoms with Crippen molar-refractivity contribution in [3.05, 3.63) is 118 Å². The van der Waals surface area contributed by atoms with E-state index in [9.17, 15) is 31.5 Å². The van der Waals surface area contributed by atoms with Gasteiger partial charge in [-0.1, -0.05) is 11.6 Å². The van der Waals surface area contributed by atoms with Gasteiger partial charge in [-0.05, 0) is 71.8 Å². The maximum atomic E-state index is 14.2. The number of amides is 2. The Balaban J connectivity index is 1.51. The SMILES string of the molecule is O=C(Nc1cc(-c2ccn3ncnc3c2)cc2c1[C@@H](c1cc(F)ccc1Cl)NC2=O)c1cc(F)cc(C(F)(F)F)c1. The van der Waals surface area contributed by atoms with Crippen LogP contribution in [0.25, 0.3) is 16.8 Å². The van der Waals surface area contributed by atoms with Gasteiger partial charge in [0.25, 0.3) is 11.8 Å². The molecule has 0 radical (unpaired) electrons. The number of rotatable bonds is 4. The van der Waals surface area contributed by atoms with E-state index in [1.165, 1.54) is 23.0 Å². The summed E-state index contributed by atoms with van der Waals surface area (Å²) in [5.41, 5.74) is 0.0953. The van der Waals surface area contributed by atoms with E-state index in [0.29, 0.717) is 28.9 Å². The van der Waals surface area contributed by atoms with Crippen LogP contribution in [0.15, 0.2) is 73.2 Å². The molecule has 206 valence electrons. The Kier molecular flexibility index (Phi) is 6.22. The van der Waals surface area contributed by atoms with Crippen LogP contribution in [0.1, 0.15) is 43.4 Å². The minimum atomic E-state index is -4.89. The Morgan fingerprint density at radius 3 is 2.56 bits per heavy atom. The van der Waals surface area contributed by atoms with E-state index < -0.39 is 46.8 Å². The van der Waals surface area contributed by atoms with Gasteiger partial charge >= 0.3 is 6.18 Å². The van der Waals surface area contributed by atoms with Crippen molar-refractivity contribution in [1.29, 1.82) is 0 Å². The van der Waals surface area contributed by atoms with Crippen LogP contribution < -0.4 is 10.6 Å². The number of nitrogens with one attached hydrogen (secondary N) is 2. The second-order valence-corrected chi connectivity index (χ2v) is 9.62. The second-order valence-electron chi connectivity index (χ2n) is 9.22. The number of hydrogen-bond donors (Lipinski definition) is 2. The molecule has 0 saturated heterocycles. The van der Waals surface area contributed by atoms with Gasteiger partial charge in [-0.25, -0.2) is 18.3 Å². The summed E-state index contributed by atoms with van der Waals surface area (Å²) >= 11 is 6.33. The first kappa shape index (κ1) is 26.4. The van der Waals surface area contributed by atoms with E-state index >= 15 is 0 Å². The highest BCUT2D eigenvalue weighted by Crippen LogP contribution is 2.42. The van der Waals surface area contributed by atoms with Crippen molar-refractivity contribution in [2.45, 2.75) is 12.2 Å². The third-order valence-electron chi connectivity index (χ3n) is 6.61. The van der Waals surface area contributed by atoms with E-state index in [2.05, 4.69) is 20.7 Å². The van der Waals surface area contributed by atoms with Gasteiger partial charge in [-0.2, -0.15) is 18.3 Å². The molecule has 6 rings (SSSR count). The zero-order valence-electron chi connectivity index (χ0n) is 20.4. The number of benzene rings is 3. The third kappa shape index (κ3) is 4.86. The molecule has 0 unspecified atom stereocenters. The van der Waals surface area contributed by atoms with Crippen molar-refractivity contribution in [3.8, 4) is 11.1 Å². The number of hydrogen-bond acceptors (Lipinski definition) is 4. The molecule has 2 amide bonds. The molecule has 41 heavy (non-hydrogen) atoms. The number of anilines is 1. The molecule has 1 aliphatic heterocycles. The van der Waals surface area contributed by atoms with E-state index in [4.69, 9.17) is 11.6 Å². The van der Waals surface area contributed by atoms with Crippen molar-refractivity contribution in [2.24, 2.45) is 0 Å². The number of nitrogens with zero attached hydrogens (tertiary/aromatic N) is 3. The Bertz CT molecular complexity index is 1890. The predicted octanol–water partition coefficient (Wildman–Crippen LogP) is 6.43. The number of halogens is 6. The first-order valence-corrected chi connectivity index (χ1v) is 12.3. The molecule has 0 spiro atoms. The Morgan fingerprint density at radius 1 is 0.976 bits per heavy atom. The summed E-state index contributed by atoms with van der Waals surface area (Å²) in [6.45, 7) is 0. The van der Waals surface area contributed by atoms with Crippen LogP contribution in [0.3, 0.4) is 0 Å². The summed E-state index contributed by atoms with van der Waals surface area (Å²) in [7, 11) is 0. The molecular weight excluding hydrogens is 569 g/mol. The molecule has 3 aromatic carbocycles. The van der Waals surface area contributed by atoms with Gasteiger partial charge in [0.1, 0.15) is 18.0 Å². The van der Waals surface area contributed by atoms with Crippen LogP contribution in [-0.2, 0) is 6.18 Å². The lowest BCUT2D eigenvalue weighted by molar-refractivity contribution is -0.137. The molecule has 2 aromatic heterocycles. The van der Waals surface area contributed by atoms with E-state index in [0.717, 1.165) is 12.1 Å². The number of carbonyl (C=O) groups is 2. The third-order valence-corrected chi connectivity index (χ3v) is 6.95. The first-order valence-electron chi connectivity index (χ1n) is 11.9. The highest BCUT2D eigenvalue weighted by Gasteiger charge is 2.36. The van der Waals surface area contributed by atoms with Gasteiger partial charge in [0, 0.05) is 39.2 Å². The van der Waals surface area contributed by atoms with Crippen LogP contribution in [-0.4, -0.2) is 26.4 Å². The van der Waals surface area contributed by atoms with Crippen molar-refractivity contribution < 1.29 is 31.5 Å². The zero-order valence-corrected chi connectivity index (χ0v) is 21.2. The van der Waals surface area contributed by atoms with E-state index in [1.807, 2.05) is 0 Å². The minimum Gasteiger partial charge on any atom is -0.341 e. The molecule has 3 heterocycles. The predicted molar refractivity (Wildman–Crippen MR) is 138 cm³/mol. The first-order chi connectivity index (χ1) is 19.5. The molecule has 0 bridgehead atoms. The highest BCUT2D eigenvalue weighted by molar-refractivity contribution is 6.31. The summed E-state index contributed by atoms with van der Waals surface area (Å²) in [5, 5.41) is 9.41. The van der Waals surface area contributed by atoms with E-state index in [-0.39, 0.29) is 33.5 Å². The summed E-state index contributed by atoms with van der Waals surface area (Å²) in [6, 6.07) is 10.4. The summed E-state index contributed by atoms with van der Waals surface area (Å²) in [5.74, 6) is -3.51. The van der Waals surface area contributed by atoms with Crippen molar-refractivity contribution in [1.82, 2.24) is 19.9 Å². The smallest absolute Gasteiger partial charge is 0.341 e. The second kappa shape index (κ2) is 9.66. The molecule has 0 saturated carbocycles.